The Bertz CT molecular complexity index is 369. The molecule has 1 aromatic rings. The molecule has 0 fully saturated rings. The fourth-order valence-corrected chi connectivity index (χ4v) is 1.04. The third-order valence-corrected chi connectivity index (χ3v) is 1.97. The Labute approximate surface area is 88.5 Å². The van der Waals surface area contributed by atoms with Crippen LogP contribution in [0.25, 0.3) is 0 Å². The molecule has 0 heterocycles. The molecular formula is C11H14N2O2. The van der Waals surface area contributed by atoms with Gasteiger partial charge in [-0.2, -0.15) is 0 Å². The van der Waals surface area contributed by atoms with Crippen LogP contribution in [0, 0.1) is 0 Å². The molecule has 0 bridgehead atoms. The van der Waals surface area contributed by atoms with Gasteiger partial charge in [0.2, 0.25) is 5.91 Å². The van der Waals surface area contributed by atoms with Gasteiger partial charge in [-0.25, -0.2) is 0 Å². The van der Waals surface area contributed by atoms with E-state index in [2.05, 4.69) is 5.32 Å². The maximum atomic E-state index is 11.2. The summed E-state index contributed by atoms with van der Waals surface area (Å²) in [6, 6.07) is 6.14. The van der Waals surface area contributed by atoms with Crippen molar-refractivity contribution < 1.29 is 9.59 Å². The minimum atomic E-state index is -0.544. The summed E-state index contributed by atoms with van der Waals surface area (Å²) < 4.78 is 0. The number of benzene rings is 1. The van der Waals surface area contributed by atoms with Gasteiger partial charge in [0.15, 0.2) is 5.78 Å². The van der Waals surface area contributed by atoms with Crippen molar-refractivity contribution in [3.05, 3.63) is 29.8 Å². The summed E-state index contributed by atoms with van der Waals surface area (Å²) in [4.78, 5) is 22.2. The fourth-order valence-electron chi connectivity index (χ4n) is 1.04. The quantitative estimate of drug-likeness (QED) is 0.729. The van der Waals surface area contributed by atoms with Crippen LogP contribution in [0.15, 0.2) is 24.3 Å². The van der Waals surface area contributed by atoms with Crippen LogP contribution in [-0.4, -0.2) is 17.7 Å². The Hall–Kier alpha value is -1.68. The number of nitrogens with two attached hydrogens (primary N) is 1. The molecule has 0 aliphatic carbocycles. The Balaban J connectivity index is 2.73. The molecule has 0 radical (unpaired) electrons. The normalized spacial score (nSPS) is 11.9. The summed E-state index contributed by atoms with van der Waals surface area (Å²) >= 11 is 0. The average molecular weight is 206 g/mol. The predicted molar refractivity (Wildman–Crippen MR) is 58.7 cm³/mol. The first-order valence-corrected chi connectivity index (χ1v) is 4.68. The molecule has 0 aliphatic heterocycles. The van der Waals surface area contributed by atoms with Gasteiger partial charge >= 0.3 is 0 Å². The van der Waals surface area contributed by atoms with E-state index in [1.807, 2.05) is 0 Å². The van der Waals surface area contributed by atoms with E-state index in [9.17, 15) is 9.59 Å². The van der Waals surface area contributed by atoms with Crippen molar-refractivity contribution in [3.63, 3.8) is 0 Å². The topological polar surface area (TPSA) is 72.2 Å². The number of rotatable bonds is 3. The van der Waals surface area contributed by atoms with Gasteiger partial charge in [-0.1, -0.05) is 0 Å². The van der Waals surface area contributed by atoms with Crippen molar-refractivity contribution in [1.82, 2.24) is 0 Å². The van der Waals surface area contributed by atoms with Gasteiger partial charge in [-0.15, -0.1) is 0 Å². The van der Waals surface area contributed by atoms with E-state index < -0.39 is 6.04 Å². The first-order valence-electron chi connectivity index (χ1n) is 4.68. The second-order valence-electron chi connectivity index (χ2n) is 3.41. The van der Waals surface area contributed by atoms with Crippen LogP contribution < -0.4 is 11.1 Å². The van der Waals surface area contributed by atoms with Crippen LogP contribution in [0.3, 0.4) is 0 Å². The van der Waals surface area contributed by atoms with Gasteiger partial charge in [0.1, 0.15) is 0 Å². The van der Waals surface area contributed by atoms with E-state index in [1.54, 1.807) is 31.2 Å². The SMILES string of the molecule is CC(=O)c1ccc(NC(=O)[C@@H](C)N)cc1. The molecule has 80 valence electrons. The van der Waals surface area contributed by atoms with Gasteiger partial charge < -0.3 is 11.1 Å². The molecular weight excluding hydrogens is 192 g/mol. The molecule has 0 unspecified atom stereocenters. The van der Waals surface area contributed by atoms with Crippen LogP contribution in [-0.2, 0) is 4.79 Å². The molecule has 0 spiro atoms. The molecule has 15 heavy (non-hydrogen) atoms. The number of anilines is 1. The zero-order valence-corrected chi connectivity index (χ0v) is 8.78. The predicted octanol–water partition coefficient (Wildman–Crippen LogP) is 1.17. The molecule has 1 amide bonds. The standard InChI is InChI=1S/C11H14N2O2/c1-7(12)11(15)13-10-5-3-9(4-6-10)8(2)14/h3-7H,12H2,1-2H3,(H,13,15)/t7-/m1/s1. The minimum Gasteiger partial charge on any atom is -0.325 e. The number of carbonyl (C=O) groups excluding carboxylic acids is 2. The molecule has 4 heteroatoms. The lowest BCUT2D eigenvalue weighted by atomic mass is 10.1. The van der Waals surface area contributed by atoms with Gasteiger partial charge in [0.25, 0.3) is 0 Å². The second kappa shape index (κ2) is 4.70. The highest BCUT2D eigenvalue weighted by atomic mass is 16.2. The molecule has 3 N–H and O–H groups in total. The lowest BCUT2D eigenvalue weighted by Gasteiger charge is -2.07. The molecule has 1 aromatic carbocycles. The molecule has 0 aromatic heterocycles. The van der Waals surface area contributed by atoms with Crippen LogP contribution in [0.1, 0.15) is 24.2 Å². The van der Waals surface area contributed by atoms with Crippen LogP contribution in [0.5, 0.6) is 0 Å². The first kappa shape index (κ1) is 11.4. The highest BCUT2D eigenvalue weighted by molar-refractivity contribution is 5.96. The minimum absolute atomic E-state index is 0.0000643. The maximum absolute atomic E-state index is 11.2. The highest BCUT2D eigenvalue weighted by Gasteiger charge is 2.07. The number of hydrogen-bond acceptors (Lipinski definition) is 3. The van der Waals surface area contributed by atoms with E-state index in [1.165, 1.54) is 6.92 Å². The highest BCUT2D eigenvalue weighted by Crippen LogP contribution is 2.10. The fraction of sp³-hybridized carbons (Fsp3) is 0.273. The van der Waals surface area contributed by atoms with Gasteiger partial charge in [-0.05, 0) is 38.1 Å². The third kappa shape index (κ3) is 3.18. The number of hydrogen-bond donors (Lipinski definition) is 2. The Kier molecular flexibility index (Phi) is 3.57. The summed E-state index contributed by atoms with van der Waals surface area (Å²) in [6.45, 7) is 3.11. The zero-order valence-electron chi connectivity index (χ0n) is 8.78. The summed E-state index contributed by atoms with van der Waals surface area (Å²) in [5.41, 5.74) is 6.66. The lowest BCUT2D eigenvalue weighted by Crippen LogP contribution is -2.32. The Morgan fingerprint density at radius 2 is 1.80 bits per heavy atom. The van der Waals surface area contributed by atoms with Crippen molar-refractivity contribution in [1.29, 1.82) is 0 Å². The van der Waals surface area contributed by atoms with E-state index in [0.717, 1.165) is 0 Å². The van der Waals surface area contributed by atoms with Gasteiger partial charge in [0.05, 0.1) is 6.04 Å². The molecule has 4 nitrogen and oxygen atoms in total. The average Bonchev–Trinajstić information content (AvgIpc) is 2.18. The van der Waals surface area contributed by atoms with E-state index in [4.69, 9.17) is 5.73 Å². The molecule has 1 atom stereocenters. The Morgan fingerprint density at radius 3 is 2.20 bits per heavy atom. The van der Waals surface area contributed by atoms with Crippen LogP contribution >= 0.6 is 0 Å². The van der Waals surface area contributed by atoms with Crippen molar-refractivity contribution in [2.24, 2.45) is 5.73 Å². The smallest absolute Gasteiger partial charge is 0.240 e. The molecule has 0 aliphatic rings. The van der Waals surface area contributed by atoms with E-state index in [-0.39, 0.29) is 11.7 Å². The summed E-state index contributed by atoms with van der Waals surface area (Å²) in [5.74, 6) is -0.245. The number of amides is 1. The number of Topliss-reactive ketones (excluding diaryl/α,β-unsaturated/α-hetero) is 1. The zero-order chi connectivity index (χ0) is 11.4. The molecule has 0 saturated heterocycles. The lowest BCUT2D eigenvalue weighted by molar-refractivity contribution is -0.117. The van der Waals surface area contributed by atoms with Crippen molar-refractivity contribution in [2.45, 2.75) is 19.9 Å². The molecule has 0 saturated carbocycles. The van der Waals surface area contributed by atoms with Gasteiger partial charge in [-0.3, -0.25) is 9.59 Å². The van der Waals surface area contributed by atoms with Crippen molar-refractivity contribution in [3.8, 4) is 0 Å². The largest absolute Gasteiger partial charge is 0.325 e. The summed E-state index contributed by atoms with van der Waals surface area (Å²) in [7, 11) is 0. The van der Waals surface area contributed by atoms with E-state index >= 15 is 0 Å². The third-order valence-electron chi connectivity index (χ3n) is 1.97. The summed E-state index contributed by atoms with van der Waals surface area (Å²) in [6.07, 6.45) is 0. The van der Waals surface area contributed by atoms with Gasteiger partial charge in [0, 0.05) is 11.3 Å². The maximum Gasteiger partial charge on any atom is 0.240 e. The summed E-state index contributed by atoms with van der Waals surface area (Å²) in [5, 5.41) is 2.63. The van der Waals surface area contributed by atoms with Crippen molar-refractivity contribution >= 4 is 17.4 Å². The number of carbonyl (C=O) groups is 2. The van der Waals surface area contributed by atoms with Crippen molar-refractivity contribution in [2.75, 3.05) is 5.32 Å². The van der Waals surface area contributed by atoms with E-state index in [0.29, 0.717) is 11.3 Å². The van der Waals surface area contributed by atoms with Crippen LogP contribution in [0.4, 0.5) is 5.69 Å². The second-order valence-corrected chi connectivity index (χ2v) is 3.41. The first-order chi connectivity index (χ1) is 7.00. The Morgan fingerprint density at radius 1 is 1.27 bits per heavy atom. The monoisotopic (exact) mass is 206 g/mol. The molecule has 1 rings (SSSR count). The van der Waals surface area contributed by atoms with Crippen LogP contribution in [0.2, 0.25) is 0 Å². The number of nitrogens with one attached hydrogen (secondary N) is 1. The number of ketones is 1.